The van der Waals surface area contributed by atoms with Gasteiger partial charge in [-0.1, -0.05) is 48.5 Å². The first-order valence-corrected chi connectivity index (χ1v) is 11.6. The third kappa shape index (κ3) is 4.81. The van der Waals surface area contributed by atoms with Crippen molar-refractivity contribution in [2.24, 2.45) is 5.10 Å². The Morgan fingerprint density at radius 1 is 0.938 bits per heavy atom. The van der Waals surface area contributed by atoms with Crippen LogP contribution in [0.1, 0.15) is 15.9 Å². The predicted molar refractivity (Wildman–Crippen MR) is 124 cm³/mol. The molecule has 0 bridgehead atoms. The lowest BCUT2D eigenvalue weighted by molar-refractivity contribution is 0.0955. The third-order valence-corrected chi connectivity index (χ3v) is 5.85. The van der Waals surface area contributed by atoms with Crippen molar-refractivity contribution in [1.82, 2.24) is 15.2 Å². The predicted octanol–water partition coefficient (Wildman–Crippen LogP) is 3.71. The van der Waals surface area contributed by atoms with E-state index in [4.69, 9.17) is 0 Å². The van der Waals surface area contributed by atoms with E-state index in [2.05, 4.69) is 15.6 Å². The summed E-state index contributed by atoms with van der Waals surface area (Å²) in [7, 11) is -3.30. The summed E-state index contributed by atoms with van der Waals surface area (Å²) < 4.78 is 25.3. The van der Waals surface area contributed by atoms with Crippen molar-refractivity contribution in [2.45, 2.75) is 4.90 Å². The van der Waals surface area contributed by atoms with E-state index in [9.17, 15) is 13.2 Å². The molecule has 0 aliphatic carbocycles. The molecule has 4 aromatic rings. The van der Waals surface area contributed by atoms with Crippen LogP contribution in [-0.4, -0.2) is 36.6 Å². The van der Waals surface area contributed by atoms with E-state index >= 15 is 0 Å². The molecule has 32 heavy (non-hydrogen) atoms. The van der Waals surface area contributed by atoms with Crippen LogP contribution >= 0.6 is 0 Å². The Morgan fingerprint density at radius 3 is 2.19 bits per heavy atom. The van der Waals surface area contributed by atoms with Crippen molar-refractivity contribution in [3.63, 3.8) is 0 Å². The summed E-state index contributed by atoms with van der Waals surface area (Å²) in [6.45, 7) is 0. The molecule has 8 heteroatoms. The molecule has 0 saturated carbocycles. The molecule has 3 aromatic carbocycles. The van der Waals surface area contributed by atoms with Crippen LogP contribution in [0, 0.1) is 0 Å². The van der Waals surface area contributed by atoms with Crippen molar-refractivity contribution in [3.8, 4) is 16.9 Å². The number of sulfone groups is 1. The van der Waals surface area contributed by atoms with Gasteiger partial charge in [0.25, 0.3) is 5.91 Å². The number of carbonyl (C=O) groups excluding carboxylic acids is 1. The summed E-state index contributed by atoms with van der Waals surface area (Å²) in [6, 6.07) is 24.9. The second kappa shape index (κ2) is 8.99. The van der Waals surface area contributed by atoms with Crippen molar-refractivity contribution < 1.29 is 13.2 Å². The normalized spacial score (nSPS) is 11.5. The van der Waals surface area contributed by atoms with E-state index in [0.717, 1.165) is 11.3 Å². The van der Waals surface area contributed by atoms with Crippen LogP contribution < -0.4 is 5.43 Å². The molecule has 1 N–H and O–H groups in total. The van der Waals surface area contributed by atoms with E-state index in [1.807, 2.05) is 36.4 Å². The average Bonchev–Trinajstić information content (AvgIpc) is 3.24. The first-order valence-electron chi connectivity index (χ1n) is 9.76. The SMILES string of the molecule is CS(=O)(=O)c1ccc(-c2nn(-c3ccccc3)cc2/C=N/NC(=O)c2ccccc2)cc1. The van der Waals surface area contributed by atoms with Gasteiger partial charge in [-0.25, -0.2) is 18.5 Å². The highest BCUT2D eigenvalue weighted by Gasteiger charge is 2.13. The van der Waals surface area contributed by atoms with Crippen LogP contribution in [0.4, 0.5) is 0 Å². The first-order chi connectivity index (χ1) is 15.4. The average molecular weight is 445 g/mol. The lowest BCUT2D eigenvalue weighted by atomic mass is 10.1. The van der Waals surface area contributed by atoms with Gasteiger partial charge in [0.05, 0.1) is 16.8 Å². The Labute approximate surface area is 186 Å². The summed E-state index contributed by atoms with van der Waals surface area (Å²) in [6.07, 6.45) is 4.49. The summed E-state index contributed by atoms with van der Waals surface area (Å²) in [4.78, 5) is 12.5. The van der Waals surface area contributed by atoms with Gasteiger partial charge in [-0.15, -0.1) is 0 Å². The number of aromatic nitrogens is 2. The van der Waals surface area contributed by atoms with Gasteiger partial charge in [0.2, 0.25) is 0 Å². The number of carbonyl (C=O) groups is 1. The van der Waals surface area contributed by atoms with Crippen LogP contribution in [0.2, 0.25) is 0 Å². The number of hydrazone groups is 1. The molecule has 160 valence electrons. The van der Waals surface area contributed by atoms with Gasteiger partial charge in [-0.05, 0) is 36.4 Å². The molecule has 1 amide bonds. The molecule has 0 aliphatic heterocycles. The Morgan fingerprint density at radius 2 is 1.56 bits per heavy atom. The smallest absolute Gasteiger partial charge is 0.267 e. The second-order valence-corrected chi connectivity index (χ2v) is 9.09. The molecule has 0 spiro atoms. The summed E-state index contributed by atoms with van der Waals surface area (Å²) >= 11 is 0. The standard InChI is InChI=1S/C24H20N4O3S/c1-32(30,31)22-14-12-18(13-15-22)23-20(17-28(27-23)21-10-6-3-7-11-21)16-25-26-24(29)19-8-4-2-5-9-19/h2-17H,1H3,(H,26,29)/b25-16+. The number of benzene rings is 3. The third-order valence-electron chi connectivity index (χ3n) is 4.72. The summed E-state index contributed by atoms with van der Waals surface area (Å²) in [5.74, 6) is -0.323. The summed E-state index contributed by atoms with van der Waals surface area (Å²) in [5.41, 5.74) is 5.87. The number of amides is 1. The van der Waals surface area contributed by atoms with Crippen molar-refractivity contribution in [2.75, 3.05) is 6.26 Å². The lowest BCUT2D eigenvalue weighted by Crippen LogP contribution is -2.17. The van der Waals surface area contributed by atoms with Gasteiger partial charge < -0.3 is 0 Å². The molecule has 4 rings (SSSR count). The fourth-order valence-electron chi connectivity index (χ4n) is 3.09. The Bertz CT molecular complexity index is 1360. The maximum atomic E-state index is 12.2. The molecule has 1 aromatic heterocycles. The van der Waals surface area contributed by atoms with Crippen LogP contribution in [0.3, 0.4) is 0 Å². The molecule has 0 fully saturated rings. The fourth-order valence-corrected chi connectivity index (χ4v) is 3.72. The molecular formula is C24H20N4O3S. The highest BCUT2D eigenvalue weighted by atomic mass is 32.2. The number of nitrogens with one attached hydrogen (secondary N) is 1. The van der Waals surface area contributed by atoms with E-state index in [-0.39, 0.29) is 10.8 Å². The highest BCUT2D eigenvalue weighted by Crippen LogP contribution is 2.24. The zero-order valence-electron chi connectivity index (χ0n) is 17.2. The minimum Gasteiger partial charge on any atom is -0.267 e. The van der Waals surface area contributed by atoms with Crippen LogP contribution in [0.25, 0.3) is 16.9 Å². The minimum absolute atomic E-state index is 0.231. The first kappa shape index (κ1) is 21.2. The van der Waals surface area contributed by atoms with E-state index < -0.39 is 9.84 Å². The largest absolute Gasteiger partial charge is 0.271 e. The van der Waals surface area contributed by atoms with Crippen LogP contribution in [0.5, 0.6) is 0 Å². The molecule has 7 nitrogen and oxygen atoms in total. The van der Waals surface area contributed by atoms with Crippen LogP contribution in [-0.2, 0) is 9.84 Å². The maximum Gasteiger partial charge on any atom is 0.271 e. The van der Waals surface area contributed by atoms with E-state index in [0.29, 0.717) is 16.8 Å². The van der Waals surface area contributed by atoms with E-state index in [1.165, 1.54) is 12.5 Å². The minimum atomic E-state index is -3.30. The lowest BCUT2D eigenvalue weighted by Gasteiger charge is -2.02. The fraction of sp³-hybridized carbons (Fsp3) is 0.0417. The number of hydrogen-bond acceptors (Lipinski definition) is 5. The molecule has 0 aliphatic rings. The van der Waals surface area contributed by atoms with Gasteiger partial charge in [-0.2, -0.15) is 10.2 Å². The quantitative estimate of drug-likeness (QED) is 0.362. The number of nitrogens with zero attached hydrogens (tertiary/aromatic N) is 3. The van der Waals surface area contributed by atoms with Crippen molar-refractivity contribution in [1.29, 1.82) is 0 Å². The van der Waals surface area contributed by atoms with E-state index in [1.54, 1.807) is 59.4 Å². The van der Waals surface area contributed by atoms with Gasteiger partial charge in [0.1, 0.15) is 5.69 Å². The zero-order chi connectivity index (χ0) is 22.6. The topological polar surface area (TPSA) is 93.4 Å². The molecule has 0 saturated heterocycles. The van der Waals surface area contributed by atoms with Gasteiger partial charge >= 0.3 is 0 Å². The number of hydrogen-bond donors (Lipinski definition) is 1. The van der Waals surface area contributed by atoms with Gasteiger partial charge in [0.15, 0.2) is 9.84 Å². The Balaban J connectivity index is 1.67. The number of rotatable bonds is 6. The van der Waals surface area contributed by atoms with Crippen LogP contribution in [0.15, 0.2) is 101 Å². The Kier molecular flexibility index (Phi) is 5.96. The maximum absolute atomic E-state index is 12.2. The highest BCUT2D eigenvalue weighted by molar-refractivity contribution is 7.90. The monoisotopic (exact) mass is 444 g/mol. The van der Waals surface area contributed by atoms with Crippen molar-refractivity contribution >= 4 is 22.0 Å². The Hall–Kier alpha value is -4.04. The molecule has 0 atom stereocenters. The van der Waals surface area contributed by atoms with Gasteiger partial charge in [0, 0.05) is 29.1 Å². The molecule has 0 radical (unpaired) electrons. The van der Waals surface area contributed by atoms with Crippen molar-refractivity contribution in [3.05, 3.63) is 102 Å². The zero-order valence-corrected chi connectivity index (χ0v) is 18.0. The molecular weight excluding hydrogens is 424 g/mol. The molecule has 0 unspecified atom stereocenters. The van der Waals surface area contributed by atoms with Gasteiger partial charge in [-0.3, -0.25) is 4.79 Å². The summed E-state index contributed by atoms with van der Waals surface area (Å²) in [5, 5.41) is 8.76. The second-order valence-electron chi connectivity index (χ2n) is 7.07. The number of para-hydroxylation sites is 1. The molecule has 1 heterocycles.